The molecule has 3 aliphatic rings. The van der Waals surface area contributed by atoms with Gasteiger partial charge in [0, 0.05) is 5.56 Å². The van der Waals surface area contributed by atoms with Gasteiger partial charge in [0.15, 0.2) is 11.6 Å². The van der Waals surface area contributed by atoms with E-state index < -0.39 is 49.0 Å². The lowest BCUT2D eigenvalue weighted by atomic mass is 9.65. The number of nitrogens with zero attached hydrogens (tertiary/aromatic N) is 2. The van der Waals surface area contributed by atoms with Crippen molar-refractivity contribution >= 4 is 55.1 Å². The summed E-state index contributed by atoms with van der Waals surface area (Å²) < 4.78 is 59.3. The highest BCUT2D eigenvalue weighted by atomic mass is 32.2. The van der Waals surface area contributed by atoms with E-state index in [2.05, 4.69) is 14.4 Å². The first-order valence-electron chi connectivity index (χ1n) is 14.7. The van der Waals surface area contributed by atoms with Crippen LogP contribution in [0, 0.1) is 5.92 Å². The number of anilines is 2. The quantitative estimate of drug-likeness (QED) is 0.244. The average Bonchev–Trinajstić information content (AvgIpc) is 3.52. The van der Waals surface area contributed by atoms with Crippen molar-refractivity contribution in [1.29, 1.82) is 0 Å². The molecule has 1 amide bonds. The predicted octanol–water partition coefficient (Wildman–Crippen LogP) is 5.43. The zero-order valence-electron chi connectivity index (χ0n) is 24.8. The lowest BCUT2D eigenvalue weighted by Gasteiger charge is -2.37. The predicted molar refractivity (Wildman–Crippen MR) is 172 cm³/mol. The average molecular weight is 665 g/mol. The Morgan fingerprint density at radius 3 is 2.43 bits per heavy atom. The maximum absolute atomic E-state index is 14.2. The number of hydrogen-bond donors (Lipinski definition) is 4. The van der Waals surface area contributed by atoms with E-state index in [1.807, 2.05) is 13.0 Å². The summed E-state index contributed by atoms with van der Waals surface area (Å²) in [6.07, 6.45) is 2.93. The molecule has 1 atom stereocenters. The zero-order valence-corrected chi connectivity index (χ0v) is 26.4. The van der Waals surface area contributed by atoms with Crippen LogP contribution in [0.5, 0.6) is 0 Å². The molecule has 3 aromatic rings. The summed E-state index contributed by atoms with van der Waals surface area (Å²) in [5, 5.41) is 23.8. The molecule has 0 aromatic heterocycles. The molecule has 1 fully saturated rings. The van der Waals surface area contributed by atoms with E-state index in [4.69, 9.17) is 0 Å². The third-order valence-corrected chi connectivity index (χ3v) is 11.5. The van der Waals surface area contributed by atoms with Crippen LogP contribution in [-0.2, 0) is 37.0 Å². The summed E-state index contributed by atoms with van der Waals surface area (Å²) in [7, 11) is -9.21. The number of carboxylic acid groups (broad SMARTS) is 1. The maximum Gasteiger partial charge on any atom is 0.422 e. The van der Waals surface area contributed by atoms with E-state index in [-0.39, 0.29) is 32.8 Å². The van der Waals surface area contributed by atoms with Gasteiger partial charge in [-0.1, -0.05) is 80.3 Å². The summed E-state index contributed by atoms with van der Waals surface area (Å²) in [4.78, 5) is 25.7. The van der Waals surface area contributed by atoms with Crippen molar-refractivity contribution in [3.8, 4) is 0 Å². The highest BCUT2D eigenvalue weighted by Gasteiger charge is 2.48. The fourth-order valence-electron chi connectivity index (χ4n) is 6.56. The molecule has 1 saturated carbocycles. The molecule has 0 bridgehead atoms. The van der Waals surface area contributed by atoms with Gasteiger partial charge in [-0.15, -0.1) is 4.40 Å². The van der Waals surface area contributed by atoms with Crippen LogP contribution in [0.4, 0.5) is 16.2 Å². The van der Waals surface area contributed by atoms with E-state index in [1.165, 1.54) is 12.1 Å². The molecule has 240 valence electrons. The SMILES string of the molecule is CC1(CC2CCCC2)C(=O)C(C2=NS(=O)(=O)c3cc(NS(=O)(=O)N(Cc4ccccc4)C(=O)O)ccc3N2)=C(O)c2ccccc21. The third-order valence-electron chi connectivity index (χ3n) is 8.79. The van der Waals surface area contributed by atoms with Gasteiger partial charge in [-0.2, -0.15) is 21.1 Å². The first-order valence-corrected chi connectivity index (χ1v) is 17.6. The third kappa shape index (κ3) is 5.62. The zero-order chi connectivity index (χ0) is 32.9. The minimum absolute atomic E-state index is 0.00298. The molecule has 14 heteroatoms. The van der Waals surface area contributed by atoms with Crippen LogP contribution >= 0.6 is 0 Å². The normalized spacial score (nSPS) is 20.7. The molecule has 0 radical (unpaired) electrons. The van der Waals surface area contributed by atoms with Crippen LogP contribution in [0.15, 0.2) is 87.7 Å². The summed E-state index contributed by atoms with van der Waals surface area (Å²) in [5.74, 6) is -0.862. The summed E-state index contributed by atoms with van der Waals surface area (Å²) in [6, 6.07) is 18.7. The number of sulfonamides is 1. The van der Waals surface area contributed by atoms with Crippen molar-refractivity contribution in [3.05, 3.63) is 95.1 Å². The number of aliphatic hydroxyl groups excluding tert-OH is 1. The Hall–Kier alpha value is -4.69. The van der Waals surface area contributed by atoms with Crippen LogP contribution in [0.25, 0.3) is 5.76 Å². The Morgan fingerprint density at radius 1 is 1.07 bits per heavy atom. The number of rotatable bonds is 8. The van der Waals surface area contributed by atoms with Crippen LogP contribution in [0.2, 0.25) is 0 Å². The van der Waals surface area contributed by atoms with E-state index in [0.717, 1.165) is 31.7 Å². The second-order valence-corrected chi connectivity index (χ2v) is 15.1. The molecule has 1 heterocycles. The maximum atomic E-state index is 14.2. The molecule has 0 spiro atoms. The monoisotopic (exact) mass is 664 g/mol. The lowest BCUT2D eigenvalue weighted by molar-refractivity contribution is -0.120. The van der Waals surface area contributed by atoms with Gasteiger partial charge in [0.2, 0.25) is 0 Å². The number of amidine groups is 1. The standard InChI is InChI=1S/C32H32N4O8S2/c1-32(18-20-9-5-6-10-20)24-14-8-7-13-23(24)28(37)27(29(32)38)30-33-25-16-15-22(17-26(25)45(41,42)35-30)34-46(43,44)36(31(39)40)19-21-11-3-2-4-12-21/h2-4,7-8,11-17,20,34,37H,5-6,9-10,18-19H2,1H3,(H,33,35)(H,39,40). The number of fused-ring (bicyclic) bond motifs is 2. The first kappa shape index (κ1) is 31.3. The fraction of sp³-hybridized carbons (Fsp3) is 0.281. The van der Waals surface area contributed by atoms with Crippen LogP contribution in [0.3, 0.4) is 0 Å². The van der Waals surface area contributed by atoms with E-state index in [1.54, 1.807) is 48.5 Å². The number of amides is 1. The van der Waals surface area contributed by atoms with Crippen molar-refractivity contribution in [3.63, 3.8) is 0 Å². The Morgan fingerprint density at radius 2 is 1.74 bits per heavy atom. The molecule has 0 saturated heterocycles. The van der Waals surface area contributed by atoms with Crippen LogP contribution in [0.1, 0.15) is 55.7 Å². The van der Waals surface area contributed by atoms with Gasteiger partial charge in [0.1, 0.15) is 16.2 Å². The van der Waals surface area contributed by atoms with E-state index in [0.29, 0.717) is 29.0 Å². The van der Waals surface area contributed by atoms with Crippen LogP contribution < -0.4 is 10.0 Å². The van der Waals surface area contributed by atoms with Gasteiger partial charge in [-0.05, 0) is 48.6 Å². The minimum atomic E-state index is -4.68. The molecule has 46 heavy (non-hydrogen) atoms. The molecule has 1 aliphatic heterocycles. The first-order chi connectivity index (χ1) is 21.8. The van der Waals surface area contributed by atoms with Gasteiger partial charge in [-0.25, -0.2) is 4.79 Å². The van der Waals surface area contributed by atoms with Crippen molar-refractivity contribution < 1.29 is 36.6 Å². The summed E-state index contributed by atoms with van der Waals surface area (Å²) in [5.41, 5.74) is 0.0234. The molecule has 1 unspecified atom stereocenters. The highest BCUT2D eigenvalue weighted by molar-refractivity contribution is 7.91. The minimum Gasteiger partial charge on any atom is -0.506 e. The number of ketones is 1. The van der Waals surface area contributed by atoms with Gasteiger partial charge < -0.3 is 15.5 Å². The smallest absolute Gasteiger partial charge is 0.422 e. The number of carbonyl (C=O) groups excluding carboxylic acids is 1. The van der Waals surface area contributed by atoms with Crippen molar-refractivity contribution in [1.82, 2.24) is 4.31 Å². The summed E-state index contributed by atoms with van der Waals surface area (Å²) >= 11 is 0. The van der Waals surface area contributed by atoms with Gasteiger partial charge in [0.25, 0.3) is 10.0 Å². The van der Waals surface area contributed by atoms with Gasteiger partial charge >= 0.3 is 16.3 Å². The van der Waals surface area contributed by atoms with Crippen LogP contribution in [-0.4, -0.2) is 49.1 Å². The number of nitrogens with one attached hydrogen (secondary N) is 2. The Bertz CT molecular complexity index is 2020. The topological polar surface area (TPSA) is 183 Å². The van der Waals surface area contributed by atoms with Crippen molar-refractivity contribution in [2.24, 2.45) is 10.3 Å². The largest absolute Gasteiger partial charge is 0.506 e. The lowest BCUT2D eigenvalue weighted by Crippen LogP contribution is -2.43. The molecule has 4 N–H and O–H groups in total. The molecular weight excluding hydrogens is 633 g/mol. The molecule has 6 rings (SSSR count). The number of Topliss-reactive ketones (excluding diaryl/α,β-unsaturated/α-hetero) is 1. The molecule has 12 nitrogen and oxygen atoms in total. The van der Waals surface area contributed by atoms with E-state index >= 15 is 0 Å². The number of benzene rings is 3. The highest BCUT2D eigenvalue weighted by Crippen LogP contribution is 2.47. The van der Waals surface area contributed by atoms with Crippen molar-refractivity contribution in [2.75, 3.05) is 10.0 Å². The Kier molecular flexibility index (Phi) is 7.89. The number of aliphatic hydroxyl groups is 1. The second-order valence-electron chi connectivity index (χ2n) is 11.9. The van der Waals surface area contributed by atoms with Gasteiger partial charge in [-0.3, -0.25) is 9.52 Å². The number of carbonyl (C=O) groups is 2. The summed E-state index contributed by atoms with van der Waals surface area (Å²) in [6.45, 7) is 1.35. The number of hydrogen-bond acceptors (Lipinski definition) is 8. The second kappa shape index (κ2) is 11.6. The molecular formula is C32H32N4O8S2. The van der Waals surface area contributed by atoms with Crippen molar-refractivity contribution in [2.45, 2.75) is 55.9 Å². The fourth-order valence-corrected chi connectivity index (χ4v) is 8.77. The molecule has 3 aromatic carbocycles. The van der Waals surface area contributed by atoms with E-state index in [9.17, 15) is 36.6 Å². The Labute approximate surface area is 266 Å². The van der Waals surface area contributed by atoms with Gasteiger partial charge in [0.05, 0.1) is 23.3 Å². The Balaban J connectivity index is 1.33. The molecule has 2 aliphatic carbocycles.